The Bertz CT molecular complexity index is 1570. The van der Waals surface area contributed by atoms with Gasteiger partial charge in [0, 0.05) is 0 Å². The van der Waals surface area contributed by atoms with Crippen molar-refractivity contribution in [2.24, 2.45) is 0 Å². The average Bonchev–Trinajstić information content (AvgIpc) is 3.39. The van der Waals surface area contributed by atoms with E-state index in [0.717, 1.165) is 12.8 Å². The van der Waals surface area contributed by atoms with Crippen LogP contribution in [-0.4, -0.2) is 0 Å². The molecule has 7 rings (SSSR count). The molecule has 166 valence electrons. The molecule has 0 radical (unpaired) electrons. The summed E-state index contributed by atoms with van der Waals surface area (Å²) in [4.78, 5) is 0. The van der Waals surface area contributed by atoms with Gasteiger partial charge in [0.1, 0.15) is 0 Å². The van der Waals surface area contributed by atoms with Crippen molar-refractivity contribution in [3.63, 3.8) is 0 Å². The van der Waals surface area contributed by atoms with Crippen molar-refractivity contribution < 1.29 is 0 Å². The molecular weight excluding hydrogens is 408 g/mol. The van der Waals surface area contributed by atoms with Gasteiger partial charge >= 0.3 is 0 Å². The highest BCUT2D eigenvalue weighted by molar-refractivity contribution is 6.40. The van der Waals surface area contributed by atoms with Crippen molar-refractivity contribution in [3.05, 3.63) is 83.9 Å². The first-order chi connectivity index (χ1) is 16.8. The lowest BCUT2D eigenvalue weighted by Crippen LogP contribution is -1.94. The number of fused-ring (bicyclic) bond motifs is 6. The van der Waals surface area contributed by atoms with Gasteiger partial charge in [-0.3, -0.25) is 0 Å². The molecule has 0 aromatic heterocycles. The van der Waals surface area contributed by atoms with Crippen LogP contribution in [0.3, 0.4) is 0 Å². The van der Waals surface area contributed by atoms with E-state index in [1.807, 2.05) is 0 Å². The van der Waals surface area contributed by atoms with Crippen molar-refractivity contribution in [1.29, 1.82) is 0 Å². The molecule has 34 heavy (non-hydrogen) atoms. The summed E-state index contributed by atoms with van der Waals surface area (Å²) < 4.78 is 0. The lowest BCUT2D eigenvalue weighted by atomic mass is 9.89. The van der Waals surface area contributed by atoms with Crippen molar-refractivity contribution in [1.82, 2.24) is 0 Å². The number of hydrogen-bond acceptors (Lipinski definition) is 0. The van der Waals surface area contributed by atoms with Crippen LogP contribution in [0.4, 0.5) is 0 Å². The van der Waals surface area contributed by atoms with Crippen LogP contribution in [0.5, 0.6) is 0 Å². The monoisotopic (exact) mass is 438 g/mol. The molecular formula is C34H30. The Morgan fingerprint density at radius 3 is 1.03 bits per heavy atom. The Kier molecular flexibility index (Phi) is 4.46. The second-order valence-electron chi connectivity index (χ2n) is 10.1. The van der Waals surface area contributed by atoms with Gasteiger partial charge in [-0.2, -0.15) is 0 Å². The van der Waals surface area contributed by atoms with Crippen LogP contribution in [-0.2, 0) is 12.8 Å². The lowest BCUT2D eigenvalue weighted by Gasteiger charge is -2.14. The predicted molar refractivity (Wildman–Crippen MR) is 151 cm³/mol. The van der Waals surface area contributed by atoms with E-state index in [4.69, 9.17) is 0 Å². The van der Waals surface area contributed by atoms with Crippen LogP contribution in [0.2, 0.25) is 0 Å². The maximum Gasteiger partial charge on any atom is -0.00262 e. The minimum Gasteiger partial charge on any atom is -0.0654 e. The highest BCUT2D eigenvalue weighted by Gasteiger charge is 2.24. The van der Waals surface area contributed by atoms with Gasteiger partial charge in [-0.1, -0.05) is 99.5 Å². The van der Waals surface area contributed by atoms with Gasteiger partial charge in [0.25, 0.3) is 0 Å². The highest BCUT2D eigenvalue weighted by Crippen LogP contribution is 2.50. The molecule has 0 N–H and O–H groups in total. The van der Waals surface area contributed by atoms with Crippen LogP contribution >= 0.6 is 0 Å². The summed E-state index contributed by atoms with van der Waals surface area (Å²) in [7, 11) is 0. The average molecular weight is 439 g/mol. The number of aryl methyl sites for hydroxylation is 2. The zero-order valence-electron chi connectivity index (χ0n) is 20.2. The number of hydrogen-bond donors (Lipinski definition) is 0. The molecule has 0 spiro atoms. The Hall–Kier alpha value is -3.38. The van der Waals surface area contributed by atoms with Gasteiger partial charge in [0.05, 0.1) is 0 Å². The molecule has 0 heterocycles. The molecule has 0 saturated carbocycles. The zero-order chi connectivity index (χ0) is 22.8. The van der Waals surface area contributed by atoms with Crippen LogP contribution in [0.15, 0.2) is 72.8 Å². The molecule has 0 amide bonds. The molecule has 0 fully saturated rings. The molecule has 0 heteroatoms. The maximum atomic E-state index is 2.38. The van der Waals surface area contributed by atoms with Crippen molar-refractivity contribution >= 4 is 64.6 Å². The van der Waals surface area contributed by atoms with Gasteiger partial charge in [-0.05, 0) is 101 Å². The Balaban J connectivity index is 1.83. The zero-order valence-corrected chi connectivity index (χ0v) is 20.2. The van der Waals surface area contributed by atoms with Crippen molar-refractivity contribution in [2.75, 3.05) is 0 Å². The fourth-order valence-corrected chi connectivity index (χ4v) is 6.76. The van der Waals surface area contributed by atoms with E-state index in [-0.39, 0.29) is 0 Å². The number of rotatable bonds is 6. The van der Waals surface area contributed by atoms with E-state index >= 15 is 0 Å². The summed E-state index contributed by atoms with van der Waals surface area (Å²) in [5.74, 6) is 0. The third kappa shape index (κ3) is 2.55. The molecule has 0 aliphatic carbocycles. The molecule has 7 aromatic carbocycles. The predicted octanol–water partition coefficient (Wildman–Crippen LogP) is 10.2. The molecule has 7 aromatic rings. The smallest absolute Gasteiger partial charge is 0.00262 e. The van der Waals surface area contributed by atoms with Crippen LogP contribution in [0.25, 0.3) is 64.6 Å². The third-order valence-corrected chi connectivity index (χ3v) is 8.15. The number of benzene rings is 5. The van der Waals surface area contributed by atoms with E-state index in [2.05, 4.69) is 86.6 Å². The third-order valence-electron chi connectivity index (χ3n) is 8.15. The van der Waals surface area contributed by atoms with Gasteiger partial charge in [0.15, 0.2) is 0 Å². The SMILES string of the molecule is CCCCc1c2c3cccc4cccc(c2c(CCCC)c2c5cccc6cccc(c12)c65)c43. The van der Waals surface area contributed by atoms with Crippen LogP contribution in [0, 0.1) is 0 Å². The molecule has 0 aliphatic rings. The van der Waals surface area contributed by atoms with E-state index in [0.29, 0.717) is 0 Å². The normalized spacial score (nSPS) is 12.5. The summed E-state index contributed by atoms with van der Waals surface area (Å²) >= 11 is 0. The van der Waals surface area contributed by atoms with Crippen LogP contribution in [0.1, 0.15) is 50.7 Å². The fourth-order valence-electron chi connectivity index (χ4n) is 6.76. The molecule has 0 nitrogen and oxygen atoms in total. The molecule has 0 bridgehead atoms. The quantitative estimate of drug-likeness (QED) is 0.242. The topological polar surface area (TPSA) is 0 Å². The van der Waals surface area contributed by atoms with E-state index < -0.39 is 0 Å². The Morgan fingerprint density at radius 2 is 0.735 bits per heavy atom. The molecule has 0 aliphatic heterocycles. The second kappa shape index (κ2) is 7.57. The summed E-state index contributed by atoms with van der Waals surface area (Å²) in [6.07, 6.45) is 7.18. The first-order valence-electron chi connectivity index (χ1n) is 13.1. The van der Waals surface area contributed by atoms with Crippen molar-refractivity contribution in [2.45, 2.75) is 52.4 Å². The van der Waals surface area contributed by atoms with E-state index in [1.54, 1.807) is 11.1 Å². The first-order valence-corrected chi connectivity index (χ1v) is 13.1. The van der Waals surface area contributed by atoms with Gasteiger partial charge in [0.2, 0.25) is 0 Å². The largest absolute Gasteiger partial charge is 0.0654 e. The van der Waals surface area contributed by atoms with E-state index in [9.17, 15) is 0 Å². The lowest BCUT2D eigenvalue weighted by molar-refractivity contribution is 0.799. The summed E-state index contributed by atoms with van der Waals surface area (Å²) in [5.41, 5.74) is 3.17. The van der Waals surface area contributed by atoms with E-state index in [1.165, 1.54) is 90.3 Å². The molecule has 0 atom stereocenters. The number of unbranched alkanes of at least 4 members (excludes halogenated alkanes) is 2. The summed E-state index contributed by atoms with van der Waals surface area (Å²) in [6.45, 7) is 4.64. The second-order valence-corrected chi connectivity index (χ2v) is 10.1. The Labute approximate surface area is 200 Å². The molecule has 0 unspecified atom stereocenters. The highest BCUT2D eigenvalue weighted by atomic mass is 14.3. The maximum absolute atomic E-state index is 2.38. The van der Waals surface area contributed by atoms with Gasteiger partial charge in [-0.25, -0.2) is 0 Å². The van der Waals surface area contributed by atoms with Gasteiger partial charge < -0.3 is 0 Å². The first kappa shape index (κ1) is 20.0. The van der Waals surface area contributed by atoms with Crippen LogP contribution < -0.4 is 0 Å². The van der Waals surface area contributed by atoms with Gasteiger partial charge in [-0.15, -0.1) is 0 Å². The summed E-state index contributed by atoms with van der Waals surface area (Å²) in [6, 6.07) is 27.7. The molecule has 0 saturated heterocycles. The standard InChI is InChI=1S/C34H30/c1-3-5-15-27-31-23-17-7-11-21-13-9-19-25(29(21)23)33(31)28(16-6-4-2)34-26-20-10-14-22-12-8-18-24(30(22)26)32(27)34/h7-14,17-20H,3-6,15-16H2,1-2H3. The minimum atomic E-state index is 1.14. The Morgan fingerprint density at radius 1 is 0.412 bits per heavy atom. The summed E-state index contributed by atoms with van der Waals surface area (Å²) in [5, 5.41) is 17.6. The fraction of sp³-hybridized carbons (Fsp3) is 0.235. The van der Waals surface area contributed by atoms with Crippen molar-refractivity contribution in [3.8, 4) is 0 Å². The minimum absolute atomic E-state index is 1.14.